The summed E-state index contributed by atoms with van der Waals surface area (Å²) >= 11 is 0. The Bertz CT molecular complexity index is 1760. The Hall–Kier alpha value is -3.37. The van der Waals surface area contributed by atoms with E-state index < -0.39 is 83.9 Å². The van der Waals surface area contributed by atoms with E-state index in [9.17, 15) is 39.3 Å². The fourth-order valence-corrected chi connectivity index (χ4v) is 10.1. The third-order valence-corrected chi connectivity index (χ3v) is 14.5. The van der Waals surface area contributed by atoms with Crippen LogP contribution in [-0.2, 0) is 47.7 Å². The van der Waals surface area contributed by atoms with Crippen LogP contribution in [0.1, 0.15) is 126 Å². The van der Waals surface area contributed by atoms with Gasteiger partial charge in [0.05, 0.1) is 24.4 Å². The van der Waals surface area contributed by atoms with Crippen LogP contribution in [0.3, 0.4) is 0 Å². The number of allylic oxidation sites excluding steroid dienone is 6. The molecule has 1 saturated carbocycles. The lowest BCUT2D eigenvalue weighted by atomic mass is 9.78. The molecule has 0 aromatic carbocycles. The first kappa shape index (κ1) is 54.2. The molecule has 4 rings (SSSR count). The number of ketones is 3. The number of ether oxygens (including phenoxy) is 5. The highest BCUT2D eigenvalue weighted by Crippen LogP contribution is 2.38. The minimum Gasteiger partial charge on any atom is -0.460 e. The summed E-state index contributed by atoms with van der Waals surface area (Å²) in [5.74, 6) is -7.96. The maximum Gasteiger partial charge on any atom is 0.329 e. The molecule has 3 fully saturated rings. The standard InChI is InChI=1S/C51H79NO13/c1-30-16-12-11-13-17-31(2)42(61-8)28-38-21-19-36(7)51(60,65-38)48(57)49(58)52-23-15-14-18-39(52)50(59)64-43(33(4)26-37-20-22-40(53)44(27-37)62-9)29-41(54)32(3)25-35(6)46(56)47(63-10)45(55)34(5)24-30/h11-13,16-17,25,30,32-34,36-40,42-44,46-47,53,56,60H,14-15,18-24,26-29H2,1-10H3/b13-11+,16-12+,31-17+,35-25+/t30-,32-,33+,34-,36-,37?,38+,39+,40?,42+,43+,44?,46?,47+,51-/m1/s1. The zero-order valence-electron chi connectivity index (χ0n) is 40.6. The molecule has 0 aromatic rings. The van der Waals surface area contributed by atoms with Gasteiger partial charge >= 0.3 is 5.97 Å². The minimum atomic E-state index is -2.43. The second-order valence-electron chi connectivity index (χ2n) is 19.6. The second kappa shape index (κ2) is 25.1. The van der Waals surface area contributed by atoms with Crippen LogP contribution in [0.4, 0.5) is 0 Å². The highest BCUT2D eigenvalue weighted by atomic mass is 16.6. The Morgan fingerprint density at radius 1 is 0.846 bits per heavy atom. The summed E-state index contributed by atoms with van der Waals surface area (Å²) in [7, 11) is 4.52. The number of methoxy groups -OCH3 is 3. The van der Waals surface area contributed by atoms with E-state index in [4.69, 9.17) is 23.7 Å². The maximum atomic E-state index is 14.4. The molecule has 0 spiro atoms. The van der Waals surface area contributed by atoms with Gasteiger partial charge in [0.15, 0.2) is 5.78 Å². The first-order chi connectivity index (χ1) is 30.7. The molecule has 3 heterocycles. The van der Waals surface area contributed by atoms with Crippen molar-refractivity contribution in [3.05, 3.63) is 47.6 Å². The Morgan fingerprint density at radius 3 is 2.25 bits per heavy atom. The van der Waals surface area contributed by atoms with Gasteiger partial charge < -0.3 is 43.9 Å². The van der Waals surface area contributed by atoms with Crippen LogP contribution < -0.4 is 0 Å². The Balaban J connectivity index is 1.70. The molecule has 0 radical (unpaired) electrons. The van der Waals surface area contributed by atoms with Crippen molar-refractivity contribution in [1.29, 1.82) is 0 Å². The number of amides is 1. The maximum absolute atomic E-state index is 14.4. The summed E-state index contributed by atoms with van der Waals surface area (Å²) in [6.45, 7) is 12.7. The van der Waals surface area contributed by atoms with E-state index in [1.165, 1.54) is 12.0 Å². The summed E-state index contributed by atoms with van der Waals surface area (Å²) in [4.78, 5) is 71.8. The number of fused-ring (bicyclic) bond motifs is 3. The lowest BCUT2D eigenvalue weighted by Crippen LogP contribution is -2.61. The van der Waals surface area contributed by atoms with Gasteiger partial charge in [-0.25, -0.2) is 4.79 Å². The summed E-state index contributed by atoms with van der Waals surface area (Å²) in [5.41, 5.74) is 1.27. The molecule has 3 aliphatic heterocycles. The van der Waals surface area contributed by atoms with Crippen LogP contribution in [0, 0.1) is 35.5 Å². The fraction of sp³-hybridized carbons (Fsp3) is 0.745. The molecule has 2 saturated heterocycles. The monoisotopic (exact) mass is 914 g/mol. The van der Waals surface area contributed by atoms with Crippen molar-refractivity contribution in [2.24, 2.45) is 35.5 Å². The first-order valence-corrected chi connectivity index (χ1v) is 23.9. The molecule has 4 aliphatic rings. The molecular formula is C51H79NO13. The summed E-state index contributed by atoms with van der Waals surface area (Å²) in [6.07, 6.45) is 11.2. The van der Waals surface area contributed by atoms with Crippen molar-refractivity contribution < 1.29 is 63.0 Å². The quantitative estimate of drug-likeness (QED) is 0.156. The van der Waals surface area contributed by atoms with Crippen LogP contribution in [0.25, 0.3) is 0 Å². The molecule has 14 nitrogen and oxygen atoms in total. The molecule has 15 atom stereocenters. The van der Waals surface area contributed by atoms with Gasteiger partial charge in [0.2, 0.25) is 5.79 Å². The third kappa shape index (κ3) is 14.3. The molecule has 65 heavy (non-hydrogen) atoms. The summed E-state index contributed by atoms with van der Waals surface area (Å²) in [5, 5.41) is 33.8. The van der Waals surface area contributed by atoms with Crippen molar-refractivity contribution >= 4 is 29.2 Å². The van der Waals surface area contributed by atoms with E-state index in [0.29, 0.717) is 63.4 Å². The normalized spacial score (nSPS) is 40.4. The number of aliphatic hydroxyl groups is 3. The number of Topliss-reactive ketones (excluding diaryl/α,β-unsaturated/α-hetero) is 3. The number of hydrogen-bond acceptors (Lipinski definition) is 13. The van der Waals surface area contributed by atoms with Gasteiger partial charge in [-0.05, 0) is 107 Å². The van der Waals surface area contributed by atoms with Crippen LogP contribution in [0.5, 0.6) is 0 Å². The number of carbonyl (C=O) groups is 5. The highest BCUT2D eigenvalue weighted by molar-refractivity contribution is 6.39. The van der Waals surface area contributed by atoms with Crippen LogP contribution in [0.15, 0.2) is 47.6 Å². The van der Waals surface area contributed by atoms with Crippen molar-refractivity contribution in [1.82, 2.24) is 4.90 Å². The smallest absolute Gasteiger partial charge is 0.329 e. The van der Waals surface area contributed by atoms with E-state index in [2.05, 4.69) is 0 Å². The molecular weight excluding hydrogens is 835 g/mol. The molecule has 1 aliphatic carbocycles. The number of carbonyl (C=O) groups excluding carboxylic acids is 5. The fourth-order valence-electron chi connectivity index (χ4n) is 10.1. The molecule has 366 valence electrons. The molecule has 14 heteroatoms. The minimum absolute atomic E-state index is 0.0193. The highest BCUT2D eigenvalue weighted by Gasteiger charge is 2.53. The van der Waals surface area contributed by atoms with E-state index >= 15 is 0 Å². The van der Waals surface area contributed by atoms with E-state index in [-0.39, 0.29) is 54.8 Å². The van der Waals surface area contributed by atoms with Crippen molar-refractivity contribution in [3.63, 3.8) is 0 Å². The third-order valence-electron chi connectivity index (χ3n) is 14.5. The van der Waals surface area contributed by atoms with Gasteiger partial charge in [-0.1, -0.05) is 71.1 Å². The SMILES string of the molecule is COC1CC(C[C@H](C)[C@@H]2CC(=O)[C@H](C)/C=C(\C)C(O)[C@@H](OC)C(=O)[C@H](C)C[C@H](C)/C=C/C=C/C=C(\C)[C@@H](OC)C[C@@H]3CC[C@@H](C)[C@@](O)(O3)C(=O)C(=O)N3CCCC[C@H]3C(=O)O2)CCC1O. The second-order valence-corrected chi connectivity index (χ2v) is 19.6. The van der Waals surface area contributed by atoms with Crippen molar-refractivity contribution in [3.8, 4) is 0 Å². The number of aliphatic hydroxyl groups excluding tert-OH is 2. The van der Waals surface area contributed by atoms with E-state index in [1.807, 2.05) is 58.1 Å². The summed E-state index contributed by atoms with van der Waals surface area (Å²) < 4.78 is 29.4. The molecule has 1 amide bonds. The van der Waals surface area contributed by atoms with Gasteiger partial charge in [0, 0.05) is 58.5 Å². The predicted molar refractivity (Wildman–Crippen MR) is 245 cm³/mol. The van der Waals surface area contributed by atoms with Gasteiger partial charge in [0.25, 0.3) is 11.7 Å². The lowest BCUT2D eigenvalue weighted by molar-refractivity contribution is -0.265. The van der Waals surface area contributed by atoms with E-state index in [1.54, 1.807) is 41.1 Å². The van der Waals surface area contributed by atoms with E-state index in [0.717, 1.165) is 12.0 Å². The average molecular weight is 914 g/mol. The van der Waals surface area contributed by atoms with Gasteiger partial charge in [0.1, 0.15) is 30.1 Å². The molecule has 4 unspecified atom stereocenters. The van der Waals surface area contributed by atoms with Crippen LogP contribution >= 0.6 is 0 Å². The van der Waals surface area contributed by atoms with Gasteiger partial charge in [-0.3, -0.25) is 19.2 Å². The van der Waals surface area contributed by atoms with Crippen molar-refractivity contribution in [2.75, 3.05) is 27.9 Å². The topological polar surface area (TPSA) is 195 Å². The first-order valence-electron chi connectivity index (χ1n) is 23.9. The summed E-state index contributed by atoms with van der Waals surface area (Å²) in [6, 6.07) is -1.14. The number of rotatable bonds is 6. The number of cyclic esters (lactones) is 1. The lowest BCUT2D eigenvalue weighted by Gasteiger charge is -2.42. The van der Waals surface area contributed by atoms with Crippen LogP contribution in [-0.4, -0.2) is 132 Å². The van der Waals surface area contributed by atoms with Gasteiger partial charge in [-0.15, -0.1) is 0 Å². The zero-order chi connectivity index (χ0) is 48.2. The zero-order valence-corrected chi connectivity index (χ0v) is 40.6. The largest absolute Gasteiger partial charge is 0.460 e. The molecule has 3 N–H and O–H groups in total. The Kier molecular flexibility index (Phi) is 21.0. The average Bonchev–Trinajstić information content (AvgIpc) is 3.28. The predicted octanol–water partition coefficient (Wildman–Crippen LogP) is 6.18. The molecule has 2 bridgehead atoms. The van der Waals surface area contributed by atoms with Gasteiger partial charge in [-0.2, -0.15) is 0 Å². The molecule has 0 aromatic heterocycles. The Labute approximate surface area is 387 Å². The number of piperidine rings is 1. The number of nitrogens with zero attached hydrogens (tertiary/aromatic N) is 1. The van der Waals surface area contributed by atoms with Crippen molar-refractivity contribution in [2.45, 2.75) is 180 Å². The Morgan fingerprint density at radius 2 is 1.57 bits per heavy atom. The number of esters is 1. The number of hydrogen-bond donors (Lipinski definition) is 3. The van der Waals surface area contributed by atoms with Crippen LogP contribution in [0.2, 0.25) is 0 Å².